The van der Waals surface area contributed by atoms with Gasteiger partial charge in [-0.1, -0.05) is 84.6 Å². The lowest BCUT2D eigenvalue weighted by Crippen LogP contribution is -2.31. The molecule has 1 aliphatic heterocycles. The lowest BCUT2D eigenvalue weighted by Gasteiger charge is -2.36. The van der Waals surface area contributed by atoms with Gasteiger partial charge in [0.05, 0.1) is 18.8 Å². The summed E-state index contributed by atoms with van der Waals surface area (Å²) in [6.45, 7) is 2.00. The summed E-state index contributed by atoms with van der Waals surface area (Å²) in [5, 5.41) is 19.9. The molecule has 38 heavy (non-hydrogen) atoms. The van der Waals surface area contributed by atoms with E-state index in [1.165, 1.54) is 13.3 Å². The summed E-state index contributed by atoms with van der Waals surface area (Å²) in [7, 11) is 0. The monoisotopic (exact) mass is 530 g/mol. The van der Waals surface area contributed by atoms with Crippen molar-refractivity contribution in [2.45, 2.75) is 50.2 Å². The number of rotatable bonds is 9. The van der Waals surface area contributed by atoms with Crippen molar-refractivity contribution in [1.29, 1.82) is 0 Å². The van der Waals surface area contributed by atoms with Crippen LogP contribution in [-0.2, 0) is 27.4 Å². The van der Waals surface area contributed by atoms with Crippen LogP contribution in [0.25, 0.3) is 11.1 Å². The second-order valence-corrected chi connectivity index (χ2v) is 10.1. The number of aromatic amines is 1. The molecule has 3 atom stereocenters. The van der Waals surface area contributed by atoms with Gasteiger partial charge in [-0.05, 0) is 27.8 Å². The molecule has 0 bridgehead atoms. The van der Waals surface area contributed by atoms with Gasteiger partial charge >= 0.3 is 0 Å². The van der Waals surface area contributed by atoms with Crippen molar-refractivity contribution in [3.8, 4) is 11.1 Å². The van der Waals surface area contributed by atoms with E-state index in [9.17, 15) is 9.90 Å². The first-order chi connectivity index (χ1) is 18.6. The van der Waals surface area contributed by atoms with Crippen molar-refractivity contribution in [2.24, 2.45) is 0 Å². The van der Waals surface area contributed by atoms with Gasteiger partial charge in [0.25, 0.3) is 0 Å². The summed E-state index contributed by atoms with van der Waals surface area (Å²) in [6.07, 6.45) is 1.45. The largest absolute Gasteiger partial charge is 0.392 e. The molecule has 2 heterocycles. The molecule has 0 aliphatic carbocycles. The predicted molar refractivity (Wildman–Crippen MR) is 145 cm³/mol. The minimum absolute atomic E-state index is 0.00821. The summed E-state index contributed by atoms with van der Waals surface area (Å²) in [5.74, 6) is 0.646. The van der Waals surface area contributed by atoms with Crippen molar-refractivity contribution >= 4 is 17.7 Å². The smallest absolute Gasteiger partial charge is 0.217 e. The third-order valence-electron chi connectivity index (χ3n) is 6.45. The molecule has 8 nitrogen and oxygen atoms in total. The highest BCUT2D eigenvalue weighted by Gasteiger charge is 2.32. The molecule has 1 saturated heterocycles. The van der Waals surface area contributed by atoms with Gasteiger partial charge in [-0.15, -0.1) is 0 Å². The lowest BCUT2D eigenvalue weighted by atomic mass is 9.98. The van der Waals surface area contributed by atoms with E-state index in [0.717, 1.165) is 38.5 Å². The first-order valence-corrected chi connectivity index (χ1v) is 13.5. The fourth-order valence-corrected chi connectivity index (χ4v) is 5.25. The Kier molecular flexibility index (Phi) is 8.50. The number of nitrogens with one attached hydrogen (secondary N) is 2. The second-order valence-electron chi connectivity index (χ2n) is 9.14. The van der Waals surface area contributed by atoms with E-state index in [1.807, 2.05) is 54.6 Å². The van der Waals surface area contributed by atoms with Gasteiger partial charge in [-0.3, -0.25) is 9.89 Å². The Hall–Kier alpha value is -3.50. The number of amides is 1. The summed E-state index contributed by atoms with van der Waals surface area (Å²) >= 11 is 1.57. The highest BCUT2D eigenvalue weighted by atomic mass is 32.2. The van der Waals surface area contributed by atoms with E-state index in [4.69, 9.17) is 9.47 Å². The molecule has 1 fully saturated rings. The zero-order valence-corrected chi connectivity index (χ0v) is 21.9. The van der Waals surface area contributed by atoms with Crippen molar-refractivity contribution in [3.63, 3.8) is 0 Å². The molecular formula is C29H30N4O4S. The van der Waals surface area contributed by atoms with Gasteiger partial charge in [0.2, 0.25) is 5.91 Å². The quantitative estimate of drug-likeness (QED) is 0.263. The molecule has 5 rings (SSSR count). The number of thioether (sulfide) groups is 1. The number of aromatic nitrogens is 3. The molecule has 3 N–H and O–H groups in total. The SMILES string of the molecule is CC(=O)NCc1ccccc1-c1ccc([C@@H]2O[C@H](CSc3ncn[nH]3)C[C@H](c3ccc(CO)cc3)O2)cc1. The van der Waals surface area contributed by atoms with Crippen LogP contribution < -0.4 is 5.32 Å². The predicted octanol–water partition coefficient (Wildman–Crippen LogP) is 4.94. The van der Waals surface area contributed by atoms with Crippen molar-refractivity contribution < 1.29 is 19.4 Å². The number of nitrogens with zero attached hydrogens (tertiary/aromatic N) is 2. The van der Waals surface area contributed by atoms with Gasteiger partial charge in [0.15, 0.2) is 11.4 Å². The Labute approximate surface area is 225 Å². The third-order valence-corrected chi connectivity index (χ3v) is 7.46. The van der Waals surface area contributed by atoms with Gasteiger partial charge < -0.3 is 19.9 Å². The van der Waals surface area contributed by atoms with E-state index in [2.05, 4.69) is 38.7 Å². The van der Waals surface area contributed by atoms with Crippen LogP contribution in [0, 0.1) is 0 Å². The fourth-order valence-electron chi connectivity index (χ4n) is 4.45. The molecule has 1 aliphatic rings. The van der Waals surface area contributed by atoms with E-state index in [-0.39, 0.29) is 24.7 Å². The number of hydrogen-bond donors (Lipinski definition) is 3. The topological polar surface area (TPSA) is 109 Å². The summed E-state index contributed by atoms with van der Waals surface area (Å²) < 4.78 is 12.9. The van der Waals surface area contributed by atoms with Crippen molar-refractivity contribution in [3.05, 3.63) is 101 Å². The van der Waals surface area contributed by atoms with E-state index in [1.54, 1.807) is 11.8 Å². The van der Waals surface area contributed by atoms with Crippen molar-refractivity contribution in [2.75, 3.05) is 5.75 Å². The van der Waals surface area contributed by atoms with Gasteiger partial charge in [-0.25, -0.2) is 4.98 Å². The zero-order valence-electron chi connectivity index (χ0n) is 21.0. The highest BCUT2D eigenvalue weighted by molar-refractivity contribution is 7.99. The minimum atomic E-state index is -0.532. The third kappa shape index (κ3) is 6.49. The summed E-state index contributed by atoms with van der Waals surface area (Å²) in [4.78, 5) is 15.6. The summed E-state index contributed by atoms with van der Waals surface area (Å²) in [5.41, 5.74) is 6.02. The molecule has 0 spiro atoms. The molecule has 1 aromatic heterocycles. The maximum Gasteiger partial charge on any atom is 0.217 e. The van der Waals surface area contributed by atoms with Crippen LogP contribution in [-0.4, -0.2) is 38.1 Å². The van der Waals surface area contributed by atoms with Crippen LogP contribution in [0.15, 0.2) is 84.3 Å². The van der Waals surface area contributed by atoms with Crippen LogP contribution in [0.3, 0.4) is 0 Å². The van der Waals surface area contributed by atoms with Crippen LogP contribution >= 0.6 is 11.8 Å². The van der Waals surface area contributed by atoms with Crippen LogP contribution in [0.2, 0.25) is 0 Å². The molecule has 3 aromatic carbocycles. The minimum Gasteiger partial charge on any atom is -0.392 e. The molecule has 0 saturated carbocycles. The Morgan fingerprint density at radius 1 is 1.05 bits per heavy atom. The standard InChI is InChI=1S/C29H30N4O4S/c1-19(35)30-15-24-4-2-3-5-26(24)21-10-12-23(13-11-21)28-36-25(17-38-29-31-18-32-33-29)14-27(37-28)22-8-6-20(16-34)7-9-22/h2-13,18,25,27-28,34H,14-17H2,1H3,(H,30,35)(H,31,32,33)/t25-,27+,28+/m0/s1. The molecule has 9 heteroatoms. The Morgan fingerprint density at radius 3 is 2.53 bits per heavy atom. The number of aliphatic hydroxyl groups excluding tert-OH is 1. The molecule has 0 unspecified atom stereocenters. The highest BCUT2D eigenvalue weighted by Crippen LogP contribution is 2.39. The van der Waals surface area contributed by atoms with Crippen LogP contribution in [0.5, 0.6) is 0 Å². The lowest BCUT2D eigenvalue weighted by molar-refractivity contribution is -0.245. The number of aliphatic hydroxyl groups is 1. The molecular weight excluding hydrogens is 500 g/mol. The van der Waals surface area contributed by atoms with Crippen LogP contribution in [0.1, 0.15) is 48.0 Å². The van der Waals surface area contributed by atoms with E-state index in [0.29, 0.717) is 18.7 Å². The van der Waals surface area contributed by atoms with Gasteiger partial charge in [-0.2, -0.15) is 5.10 Å². The Balaban J connectivity index is 1.36. The summed E-state index contributed by atoms with van der Waals surface area (Å²) in [6, 6.07) is 24.1. The van der Waals surface area contributed by atoms with Gasteiger partial charge in [0.1, 0.15) is 6.33 Å². The molecule has 196 valence electrons. The van der Waals surface area contributed by atoms with Crippen molar-refractivity contribution in [1.82, 2.24) is 20.5 Å². The Morgan fingerprint density at radius 2 is 1.82 bits per heavy atom. The second kappa shape index (κ2) is 12.4. The average molecular weight is 531 g/mol. The first kappa shape index (κ1) is 26.1. The number of carbonyl (C=O) groups is 1. The maximum absolute atomic E-state index is 11.4. The normalized spacial score (nSPS) is 19.3. The van der Waals surface area contributed by atoms with E-state index >= 15 is 0 Å². The molecule has 0 radical (unpaired) electrons. The first-order valence-electron chi connectivity index (χ1n) is 12.5. The molecule has 4 aromatic rings. The van der Waals surface area contributed by atoms with Gasteiger partial charge in [0, 0.05) is 31.2 Å². The fraction of sp³-hybridized carbons (Fsp3) is 0.276. The maximum atomic E-state index is 11.4. The number of carbonyl (C=O) groups excluding carboxylic acids is 1. The Bertz CT molecular complexity index is 1330. The average Bonchev–Trinajstić information content (AvgIpc) is 3.49. The number of ether oxygens (including phenoxy) is 2. The number of hydrogen-bond acceptors (Lipinski definition) is 7. The zero-order chi connectivity index (χ0) is 26.3. The van der Waals surface area contributed by atoms with E-state index < -0.39 is 6.29 Å². The van der Waals surface area contributed by atoms with Crippen LogP contribution in [0.4, 0.5) is 0 Å². The molecule has 1 amide bonds. The number of benzene rings is 3. The number of H-pyrrole nitrogens is 1.